The normalized spacial score (nSPS) is 14.1. The van der Waals surface area contributed by atoms with Crippen LogP contribution < -0.4 is 5.32 Å². The molecule has 0 atom stereocenters. The number of hydrogen-bond donors (Lipinski definition) is 1. The molecule has 1 saturated carbocycles. The summed E-state index contributed by atoms with van der Waals surface area (Å²) in [6.45, 7) is 6.01. The van der Waals surface area contributed by atoms with E-state index in [0.717, 1.165) is 24.0 Å². The number of benzene rings is 2. The van der Waals surface area contributed by atoms with Crippen molar-refractivity contribution in [1.29, 1.82) is 0 Å². The maximum atomic E-state index is 13.0. The van der Waals surface area contributed by atoms with Crippen LogP contribution in [0.4, 0.5) is 0 Å². The molecule has 0 aliphatic heterocycles. The molecular weight excluding hydrogens is 360 g/mol. The fourth-order valence-electron chi connectivity index (χ4n) is 2.71. The lowest BCUT2D eigenvalue weighted by Crippen LogP contribution is -2.31. The Labute approximate surface area is 160 Å². The summed E-state index contributed by atoms with van der Waals surface area (Å²) in [5.41, 5.74) is 2.40. The molecule has 1 aliphatic carbocycles. The zero-order valence-corrected chi connectivity index (χ0v) is 16.2. The monoisotopic (exact) mass is 384 g/mol. The van der Waals surface area contributed by atoms with Crippen LogP contribution in [0.3, 0.4) is 0 Å². The van der Waals surface area contributed by atoms with E-state index in [1.807, 2.05) is 6.92 Å². The number of aryl methyl sites for hydroxylation is 1. The van der Waals surface area contributed by atoms with Gasteiger partial charge in [0.2, 0.25) is 10.0 Å². The minimum absolute atomic E-state index is 0.0840. The van der Waals surface area contributed by atoms with E-state index in [1.54, 1.807) is 54.6 Å². The molecule has 5 nitrogen and oxygen atoms in total. The number of hydrogen-bond acceptors (Lipinski definition) is 3. The molecule has 2 aromatic rings. The number of carbonyl (C=O) groups is 1. The van der Waals surface area contributed by atoms with E-state index in [-0.39, 0.29) is 23.9 Å². The van der Waals surface area contributed by atoms with Crippen LogP contribution in [0.1, 0.15) is 34.3 Å². The van der Waals surface area contributed by atoms with Gasteiger partial charge in [-0.3, -0.25) is 4.79 Å². The number of amides is 1. The molecule has 6 heteroatoms. The molecule has 1 aliphatic rings. The van der Waals surface area contributed by atoms with Crippen LogP contribution in [-0.2, 0) is 16.6 Å². The lowest BCUT2D eigenvalue weighted by molar-refractivity contribution is 0.0951. The average molecular weight is 385 g/mol. The second-order valence-corrected chi connectivity index (χ2v) is 8.78. The zero-order valence-electron chi connectivity index (χ0n) is 15.4. The summed E-state index contributed by atoms with van der Waals surface area (Å²) in [6, 6.07) is 14.2. The summed E-state index contributed by atoms with van der Waals surface area (Å²) in [5.74, 6) is -0.0840. The van der Waals surface area contributed by atoms with Gasteiger partial charge in [0.25, 0.3) is 5.91 Å². The van der Waals surface area contributed by atoms with E-state index in [4.69, 9.17) is 0 Å². The van der Waals surface area contributed by atoms with Crippen LogP contribution >= 0.6 is 0 Å². The lowest BCUT2D eigenvalue weighted by Gasteiger charge is -2.21. The van der Waals surface area contributed by atoms with Crippen molar-refractivity contribution in [2.24, 2.45) is 0 Å². The van der Waals surface area contributed by atoms with Gasteiger partial charge in [0.1, 0.15) is 0 Å². The number of carbonyl (C=O) groups excluding carboxylic acids is 1. The second-order valence-electron chi connectivity index (χ2n) is 6.84. The molecule has 27 heavy (non-hydrogen) atoms. The van der Waals surface area contributed by atoms with Gasteiger partial charge in [0, 0.05) is 24.7 Å². The summed E-state index contributed by atoms with van der Waals surface area (Å²) in [5, 5.41) is 2.94. The average Bonchev–Trinajstić information content (AvgIpc) is 3.46. The highest BCUT2D eigenvalue weighted by atomic mass is 32.2. The Kier molecular flexibility index (Phi) is 5.77. The Bertz CT molecular complexity index is 915. The minimum Gasteiger partial charge on any atom is -0.349 e. The molecule has 0 unspecified atom stereocenters. The third-order valence-electron chi connectivity index (χ3n) is 4.48. The van der Waals surface area contributed by atoms with Crippen molar-refractivity contribution < 1.29 is 13.2 Å². The molecule has 0 spiro atoms. The highest BCUT2D eigenvalue weighted by Crippen LogP contribution is 2.21. The summed E-state index contributed by atoms with van der Waals surface area (Å²) in [6.07, 6.45) is 3.65. The van der Waals surface area contributed by atoms with Gasteiger partial charge in [-0.15, -0.1) is 6.58 Å². The lowest BCUT2D eigenvalue weighted by atomic mass is 10.1. The molecule has 0 aromatic heterocycles. The first-order valence-corrected chi connectivity index (χ1v) is 10.4. The third-order valence-corrected chi connectivity index (χ3v) is 6.31. The first-order chi connectivity index (χ1) is 12.9. The Balaban J connectivity index is 1.76. The number of rotatable bonds is 8. The smallest absolute Gasteiger partial charge is 0.251 e. The molecule has 0 saturated heterocycles. The number of nitrogens with zero attached hydrogens (tertiary/aromatic N) is 1. The van der Waals surface area contributed by atoms with Crippen molar-refractivity contribution in [2.45, 2.75) is 37.2 Å². The zero-order chi connectivity index (χ0) is 19.4. The summed E-state index contributed by atoms with van der Waals surface area (Å²) >= 11 is 0. The van der Waals surface area contributed by atoms with Crippen LogP contribution in [0, 0.1) is 6.92 Å². The number of sulfonamides is 1. The van der Waals surface area contributed by atoms with Gasteiger partial charge in [0.15, 0.2) is 0 Å². The van der Waals surface area contributed by atoms with E-state index in [9.17, 15) is 13.2 Å². The molecule has 1 N–H and O–H groups in total. The first kappa shape index (κ1) is 19.3. The SMILES string of the molecule is C=CCN(Cc1ccc(C(=O)NC2CC2)cc1)S(=O)(=O)c1ccc(C)cc1. The highest BCUT2D eigenvalue weighted by Gasteiger charge is 2.25. The molecule has 0 bridgehead atoms. The van der Waals surface area contributed by atoms with E-state index in [0.29, 0.717) is 11.6 Å². The molecule has 1 fully saturated rings. The molecule has 142 valence electrons. The molecule has 1 amide bonds. The fourth-order valence-corrected chi connectivity index (χ4v) is 4.11. The summed E-state index contributed by atoms with van der Waals surface area (Å²) in [7, 11) is -3.63. The van der Waals surface area contributed by atoms with Gasteiger partial charge >= 0.3 is 0 Å². The predicted molar refractivity (Wildman–Crippen MR) is 106 cm³/mol. The van der Waals surface area contributed by atoms with Gasteiger partial charge in [-0.2, -0.15) is 4.31 Å². The molecule has 0 heterocycles. The van der Waals surface area contributed by atoms with Crippen molar-refractivity contribution in [1.82, 2.24) is 9.62 Å². The van der Waals surface area contributed by atoms with Crippen LogP contribution in [0.25, 0.3) is 0 Å². The topological polar surface area (TPSA) is 66.5 Å². The Morgan fingerprint density at radius 2 is 1.78 bits per heavy atom. The van der Waals surface area contributed by atoms with E-state index < -0.39 is 10.0 Å². The maximum Gasteiger partial charge on any atom is 0.251 e. The molecule has 0 radical (unpaired) electrons. The van der Waals surface area contributed by atoms with Gasteiger partial charge in [-0.05, 0) is 49.6 Å². The van der Waals surface area contributed by atoms with E-state index >= 15 is 0 Å². The van der Waals surface area contributed by atoms with Gasteiger partial charge in [-0.1, -0.05) is 35.9 Å². The van der Waals surface area contributed by atoms with Crippen molar-refractivity contribution >= 4 is 15.9 Å². The van der Waals surface area contributed by atoms with Crippen LogP contribution in [-0.4, -0.2) is 31.2 Å². The largest absolute Gasteiger partial charge is 0.349 e. The van der Waals surface area contributed by atoms with Crippen molar-refractivity contribution in [3.8, 4) is 0 Å². The van der Waals surface area contributed by atoms with Gasteiger partial charge in [-0.25, -0.2) is 8.42 Å². The third kappa shape index (κ3) is 4.84. The molecule has 2 aromatic carbocycles. The van der Waals surface area contributed by atoms with Crippen molar-refractivity contribution in [3.63, 3.8) is 0 Å². The highest BCUT2D eigenvalue weighted by molar-refractivity contribution is 7.89. The van der Waals surface area contributed by atoms with E-state index in [2.05, 4.69) is 11.9 Å². The van der Waals surface area contributed by atoms with Crippen molar-refractivity contribution in [2.75, 3.05) is 6.54 Å². The Hall–Kier alpha value is -2.44. The van der Waals surface area contributed by atoms with Gasteiger partial charge < -0.3 is 5.32 Å². The maximum absolute atomic E-state index is 13.0. The van der Waals surface area contributed by atoms with Crippen LogP contribution in [0.2, 0.25) is 0 Å². The summed E-state index contributed by atoms with van der Waals surface area (Å²) < 4.78 is 27.3. The number of nitrogens with one attached hydrogen (secondary N) is 1. The predicted octanol–water partition coefficient (Wildman–Crippen LogP) is 3.26. The van der Waals surface area contributed by atoms with E-state index in [1.165, 1.54) is 4.31 Å². The summed E-state index contributed by atoms with van der Waals surface area (Å²) in [4.78, 5) is 12.3. The second kappa shape index (κ2) is 8.06. The van der Waals surface area contributed by atoms with Gasteiger partial charge in [0.05, 0.1) is 4.90 Å². The Morgan fingerprint density at radius 1 is 1.15 bits per heavy atom. The Morgan fingerprint density at radius 3 is 2.33 bits per heavy atom. The molecule has 3 rings (SSSR count). The van der Waals surface area contributed by atoms with Crippen LogP contribution in [0.5, 0.6) is 0 Å². The van der Waals surface area contributed by atoms with Crippen LogP contribution in [0.15, 0.2) is 66.1 Å². The minimum atomic E-state index is -3.63. The fraction of sp³-hybridized carbons (Fsp3) is 0.286. The molecular formula is C21H24N2O3S. The first-order valence-electron chi connectivity index (χ1n) is 8.97. The standard InChI is InChI=1S/C21H24N2O3S/c1-3-14-23(27(25,26)20-12-4-16(2)5-13-20)15-17-6-8-18(9-7-17)21(24)22-19-10-11-19/h3-9,12-13,19H,1,10-11,14-15H2,2H3,(H,22,24). The quantitative estimate of drug-likeness (QED) is 0.711. The van der Waals surface area contributed by atoms with Crippen molar-refractivity contribution in [3.05, 3.63) is 77.9 Å².